The van der Waals surface area contributed by atoms with Crippen LogP contribution in [0.5, 0.6) is 11.5 Å². The molecule has 2 aromatic carbocycles. The van der Waals surface area contributed by atoms with Gasteiger partial charge in [0.1, 0.15) is 16.4 Å². The van der Waals surface area contributed by atoms with Gasteiger partial charge >= 0.3 is 5.97 Å². The van der Waals surface area contributed by atoms with Crippen molar-refractivity contribution >= 4 is 27.8 Å². The van der Waals surface area contributed by atoms with Gasteiger partial charge in [-0.1, -0.05) is 32.9 Å². The molecule has 8 heteroatoms. The van der Waals surface area contributed by atoms with Crippen LogP contribution in [-0.2, 0) is 20.2 Å². The van der Waals surface area contributed by atoms with E-state index < -0.39 is 16.0 Å². The number of methoxy groups -OCH3 is 2. The van der Waals surface area contributed by atoms with Crippen LogP contribution in [0.2, 0.25) is 0 Å². The average Bonchev–Trinajstić information content (AvgIpc) is 2.65. The first-order chi connectivity index (χ1) is 13.5. The summed E-state index contributed by atoms with van der Waals surface area (Å²) in [5.41, 5.74) is 1.45. The molecule has 0 saturated heterocycles. The van der Waals surface area contributed by atoms with Crippen molar-refractivity contribution in [2.45, 2.75) is 31.1 Å². The molecule has 0 atom stereocenters. The molecule has 2 N–H and O–H groups in total. The lowest BCUT2D eigenvalue weighted by Crippen LogP contribution is -2.17. The van der Waals surface area contributed by atoms with Gasteiger partial charge in [0.2, 0.25) is 0 Å². The first-order valence-corrected chi connectivity index (χ1v) is 10.3. The van der Waals surface area contributed by atoms with E-state index in [-0.39, 0.29) is 16.1 Å². The number of ether oxygens (including phenoxy) is 2. The summed E-state index contributed by atoms with van der Waals surface area (Å²) in [6.07, 6.45) is 2.24. The van der Waals surface area contributed by atoms with Gasteiger partial charge < -0.3 is 14.6 Å². The third-order valence-electron chi connectivity index (χ3n) is 4.21. The molecule has 0 heterocycles. The van der Waals surface area contributed by atoms with Crippen molar-refractivity contribution < 1.29 is 27.8 Å². The minimum Gasteiger partial charge on any atom is -0.495 e. The van der Waals surface area contributed by atoms with Crippen LogP contribution in [0.1, 0.15) is 31.9 Å². The number of hydrogen-bond donors (Lipinski definition) is 2. The number of carbonyl (C=O) groups is 1. The molecule has 0 radical (unpaired) electrons. The molecule has 0 amide bonds. The maximum absolute atomic E-state index is 13.1. The van der Waals surface area contributed by atoms with Crippen molar-refractivity contribution in [1.82, 2.24) is 0 Å². The Balaban J connectivity index is 2.53. The summed E-state index contributed by atoms with van der Waals surface area (Å²) in [7, 11) is -1.23. The van der Waals surface area contributed by atoms with Crippen LogP contribution >= 0.6 is 0 Å². The van der Waals surface area contributed by atoms with Crippen LogP contribution in [0.25, 0.3) is 6.08 Å². The fourth-order valence-electron chi connectivity index (χ4n) is 2.63. The van der Waals surface area contributed by atoms with Crippen LogP contribution < -0.4 is 14.2 Å². The summed E-state index contributed by atoms with van der Waals surface area (Å²) < 4.78 is 39.3. The molecule has 0 spiro atoms. The van der Waals surface area contributed by atoms with Crippen molar-refractivity contribution in [2.75, 3.05) is 18.9 Å². The van der Waals surface area contributed by atoms with E-state index in [9.17, 15) is 13.2 Å². The summed E-state index contributed by atoms with van der Waals surface area (Å²) in [6, 6.07) is 9.71. The van der Waals surface area contributed by atoms with E-state index in [1.807, 2.05) is 26.8 Å². The fraction of sp³-hybridized carbons (Fsp3) is 0.286. The number of nitrogens with one attached hydrogen (secondary N) is 1. The number of rotatable bonds is 7. The van der Waals surface area contributed by atoms with E-state index in [0.29, 0.717) is 17.0 Å². The van der Waals surface area contributed by atoms with Crippen LogP contribution in [0.15, 0.2) is 47.4 Å². The Kier molecular flexibility index (Phi) is 6.58. The van der Waals surface area contributed by atoms with Crippen LogP contribution in [0.4, 0.5) is 5.69 Å². The Labute approximate surface area is 171 Å². The molecule has 29 heavy (non-hydrogen) atoms. The second-order valence-electron chi connectivity index (χ2n) is 7.35. The number of aliphatic carboxylic acids is 1. The minimum atomic E-state index is -4.05. The molecular formula is C21H25NO6S. The quantitative estimate of drug-likeness (QED) is 0.660. The average molecular weight is 419 g/mol. The van der Waals surface area contributed by atoms with Gasteiger partial charge in [-0.3, -0.25) is 4.72 Å². The van der Waals surface area contributed by atoms with Gasteiger partial charge in [-0.25, -0.2) is 13.2 Å². The first-order valence-electron chi connectivity index (χ1n) is 8.78. The van der Waals surface area contributed by atoms with Gasteiger partial charge in [0, 0.05) is 6.08 Å². The number of hydrogen-bond acceptors (Lipinski definition) is 5. The van der Waals surface area contributed by atoms with E-state index in [0.717, 1.165) is 11.6 Å². The molecule has 0 saturated carbocycles. The lowest BCUT2D eigenvalue weighted by Gasteiger charge is -2.21. The lowest BCUT2D eigenvalue weighted by atomic mass is 9.87. The second-order valence-corrected chi connectivity index (χ2v) is 9.00. The normalized spacial score (nSPS) is 12.0. The van der Waals surface area contributed by atoms with E-state index in [1.54, 1.807) is 18.2 Å². The second kappa shape index (κ2) is 8.57. The van der Waals surface area contributed by atoms with Crippen LogP contribution in [0.3, 0.4) is 0 Å². The molecule has 156 valence electrons. The van der Waals surface area contributed by atoms with Crippen molar-refractivity contribution in [2.24, 2.45) is 0 Å². The number of sulfonamides is 1. The lowest BCUT2D eigenvalue weighted by molar-refractivity contribution is -0.131. The molecule has 2 aromatic rings. The summed E-state index contributed by atoms with van der Waals surface area (Å²) >= 11 is 0. The zero-order chi connectivity index (χ0) is 21.8. The Morgan fingerprint density at radius 3 is 2.21 bits per heavy atom. The molecule has 7 nitrogen and oxygen atoms in total. The molecule has 2 rings (SSSR count). The van der Waals surface area contributed by atoms with Crippen molar-refractivity contribution in [3.63, 3.8) is 0 Å². The zero-order valence-electron chi connectivity index (χ0n) is 17.0. The highest BCUT2D eigenvalue weighted by molar-refractivity contribution is 7.92. The third-order valence-corrected chi connectivity index (χ3v) is 5.59. The zero-order valence-corrected chi connectivity index (χ0v) is 17.8. The van der Waals surface area contributed by atoms with Gasteiger partial charge in [0.25, 0.3) is 10.0 Å². The fourth-order valence-corrected chi connectivity index (χ4v) is 3.89. The standard InChI is InChI=1S/C21H25NO6S/c1-21(2,3)15-8-10-17(27-4)16(13-15)22-29(25,26)19-12-14(7-11-20(23)24)6-9-18(19)28-5/h6-13,22H,1-5H3,(H,23,24). The molecule has 0 aliphatic carbocycles. The summed E-state index contributed by atoms with van der Waals surface area (Å²) in [5.74, 6) is -0.620. The predicted octanol–water partition coefficient (Wildman–Crippen LogP) is 3.90. The molecule has 0 unspecified atom stereocenters. The smallest absolute Gasteiger partial charge is 0.328 e. The summed E-state index contributed by atoms with van der Waals surface area (Å²) in [6.45, 7) is 6.07. The highest BCUT2D eigenvalue weighted by Gasteiger charge is 2.23. The minimum absolute atomic E-state index is 0.115. The largest absolute Gasteiger partial charge is 0.495 e. The number of anilines is 1. The number of carboxylic acid groups (broad SMARTS) is 1. The van der Waals surface area contributed by atoms with Gasteiger partial charge in [-0.05, 0) is 46.9 Å². The highest BCUT2D eigenvalue weighted by Crippen LogP contribution is 2.34. The third kappa shape index (κ3) is 5.51. The topological polar surface area (TPSA) is 102 Å². The maximum Gasteiger partial charge on any atom is 0.328 e. The summed E-state index contributed by atoms with van der Waals surface area (Å²) in [4.78, 5) is 10.6. The molecule has 0 aliphatic rings. The van der Waals surface area contributed by atoms with Gasteiger partial charge in [0.05, 0.1) is 19.9 Å². The van der Waals surface area contributed by atoms with Crippen molar-refractivity contribution in [1.29, 1.82) is 0 Å². The van der Waals surface area contributed by atoms with E-state index >= 15 is 0 Å². The van der Waals surface area contributed by atoms with Crippen molar-refractivity contribution in [3.05, 3.63) is 53.6 Å². The predicted molar refractivity (Wildman–Crippen MR) is 112 cm³/mol. The monoisotopic (exact) mass is 419 g/mol. The van der Waals surface area contributed by atoms with Gasteiger partial charge in [0.15, 0.2) is 0 Å². The maximum atomic E-state index is 13.1. The molecule has 0 aliphatic heterocycles. The van der Waals surface area contributed by atoms with Gasteiger partial charge in [-0.2, -0.15) is 0 Å². The molecule has 0 aromatic heterocycles. The summed E-state index contributed by atoms with van der Waals surface area (Å²) in [5, 5.41) is 8.79. The van der Waals surface area contributed by atoms with E-state index in [1.165, 1.54) is 32.4 Å². The number of benzene rings is 2. The number of carboxylic acids is 1. The van der Waals surface area contributed by atoms with Gasteiger partial charge in [-0.15, -0.1) is 0 Å². The Morgan fingerprint density at radius 2 is 1.66 bits per heavy atom. The Hall–Kier alpha value is -3.00. The highest BCUT2D eigenvalue weighted by atomic mass is 32.2. The Bertz CT molecular complexity index is 1040. The SMILES string of the molecule is COc1ccc(C(C)(C)C)cc1NS(=O)(=O)c1cc(C=CC(=O)O)ccc1OC. The van der Waals surface area contributed by atoms with Crippen LogP contribution in [-0.4, -0.2) is 33.7 Å². The molecule has 0 fully saturated rings. The van der Waals surface area contributed by atoms with Crippen molar-refractivity contribution in [3.8, 4) is 11.5 Å². The van der Waals surface area contributed by atoms with E-state index in [4.69, 9.17) is 14.6 Å². The van der Waals surface area contributed by atoms with E-state index in [2.05, 4.69) is 4.72 Å². The van der Waals surface area contributed by atoms with Crippen LogP contribution in [0, 0.1) is 0 Å². The first kappa shape index (κ1) is 22.3. The Morgan fingerprint density at radius 1 is 1.03 bits per heavy atom. The molecular weight excluding hydrogens is 394 g/mol. The molecule has 0 bridgehead atoms.